The molecule has 2 N–H and O–H groups in total. The number of carbonyl (C=O) groups is 2. The summed E-state index contributed by atoms with van der Waals surface area (Å²) in [6.45, 7) is 1.43. The summed E-state index contributed by atoms with van der Waals surface area (Å²) in [5.74, 6) is -0.871. The van der Waals surface area contributed by atoms with Gasteiger partial charge in [-0.2, -0.15) is 13.2 Å². The van der Waals surface area contributed by atoms with Gasteiger partial charge in [0.05, 0.1) is 23.2 Å². The molecular formula is C19H19ClF3N3O2. The molecule has 2 amide bonds. The molecule has 0 radical (unpaired) electrons. The summed E-state index contributed by atoms with van der Waals surface area (Å²) < 4.78 is 38.7. The van der Waals surface area contributed by atoms with Crippen LogP contribution in [0.2, 0.25) is 5.02 Å². The van der Waals surface area contributed by atoms with Gasteiger partial charge in [-0.3, -0.25) is 14.5 Å². The van der Waals surface area contributed by atoms with E-state index in [4.69, 9.17) is 11.6 Å². The monoisotopic (exact) mass is 413 g/mol. The van der Waals surface area contributed by atoms with Crippen molar-refractivity contribution in [3.05, 3.63) is 59.1 Å². The molecule has 0 aliphatic carbocycles. The molecular weight excluding hydrogens is 395 g/mol. The number of anilines is 2. The average molecular weight is 414 g/mol. The van der Waals surface area contributed by atoms with Gasteiger partial charge < -0.3 is 10.6 Å². The zero-order valence-corrected chi connectivity index (χ0v) is 15.9. The maximum Gasteiger partial charge on any atom is 0.417 e. The maximum atomic E-state index is 12.9. The minimum absolute atomic E-state index is 0.0310. The average Bonchev–Trinajstić information content (AvgIpc) is 2.62. The third kappa shape index (κ3) is 5.97. The van der Waals surface area contributed by atoms with E-state index in [0.717, 1.165) is 12.1 Å². The summed E-state index contributed by atoms with van der Waals surface area (Å²) in [5, 5.41) is 4.66. The van der Waals surface area contributed by atoms with Gasteiger partial charge >= 0.3 is 6.18 Å². The van der Waals surface area contributed by atoms with Crippen LogP contribution in [0.1, 0.15) is 12.5 Å². The fourth-order valence-corrected chi connectivity index (χ4v) is 2.58. The van der Waals surface area contributed by atoms with E-state index in [1.165, 1.54) is 11.0 Å². The molecule has 0 fully saturated rings. The Kier molecular flexibility index (Phi) is 7.04. The summed E-state index contributed by atoms with van der Waals surface area (Å²) in [4.78, 5) is 25.9. The molecule has 1 unspecified atom stereocenters. The van der Waals surface area contributed by atoms with E-state index < -0.39 is 28.7 Å². The first-order chi connectivity index (χ1) is 13.1. The van der Waals surface area contributed by atoms with E-state index in [9.17, 15) is 22.8 Å². The molecule has 2 aromatic rings. The predicted octanol–water partition coefficient (Wildman–Crippen LogP) is 4.26. The molecule has 0 bridgehead atoms. The number of para-hydroxylation sites is 1. The van der Waals surface area contributed by atoms with Gasteiger partial charge in [-0.1, -0.05) is 29.8 Å². The molecule has 0 aromatic heterocycles. The molecule has 2 aromatic carbocycles. The van der Waals surface area contributed by atoms with Gasteiger partial charge in [0.1, 0.15) is 0 Å². The molecule has 0 saturated carbocycles. The third-order valence-electron chi connectivity index (χ3n) is 4.03. The molecule has 0 aliphatic heterocycles. The maximum absolute atomic E-state index is 12.9. The van der Waals surface area contributed by atoms with Crippen molar-refractivity contribution >= 4 is 34.8 Å². The number of hydrogen-bond acceptors (Lipinski definition) is 3. The van der Waals surface area contributed by atoms with Crippen LogP contribution in [0.15, 0.2) is 48.5 Å². The summed E-state index contributed by atoms with van der Waals surface area (Å²) in [6.07, 6.45) is -4.63. The second-order valence-electron chi connectivity index (χ2n) is 6.19. The Labute approximate surface area is 165 Å². The van der Waals surface area contributed by atoms with Crippen molar-refractivity contribution in [2.45, 2.75) is 19.1 Å². The topological polar surface area (TPSA) is 61.4 Å². The van der Waals surface area contributed by atoms with Gasteiger partial charge in [0.2, 0.25) is 11.8 Å². The van der Waals surface area contributed by atoms with E-state index in [2.05, 4.69) is 10.6 Å². The van der Waals surface area contributed by atoms with Crippen LogP contribution in [0.5, 0.6) is 0 Å². The highest BCUT2D eigenvalue weighted by atomic mass is 35.5. The Morgan fingerprint density at radius 1 is 1.07 bits per heavy atom. The lowest BCUT2D eigenvalue weighted by Gasteiger charge is -2.23. The molecule has 1 atom stereocenters. The minimum Gasteiger partial charge on any atom is -0.325 e. The molecule has 150 valence electrons. The van der Waals surface area contributed by atoms with E-state index in [0.29, 0.717) is 5.69 Å². The molecule has 9 heteroatoms. The van der Waals surface area contributed by atoms with Gasteiger partial charge in [0.15, 0.2) is 0 Å². The van der Waals surface area contributed by atoms with Crippen LogP contribution in [0.4, 0.5) is 24.5 Å². The number of carbonyl (C=O) groups excluding carboxylic acids is 2. The minimum atomic E-state index is -4.63. The van der Waals surface area contributed by atoms with Crippen LogP contribution in [-0.4, -0.2) is 36.3 Å². The van der Waals surface area contributed by atoms with Crippen molar-refractivity contribution < 1.29 is 22.8 Å². The van der Waals surface area contributed by atoms with Crippen LogP contribution in [0.3, 0.4) is 0 Å². The molecule has 0 aliphatic rings. The quantitative estimate of drug-likeness (QED) is 0.744. The van der Waals surface area contributed by atoms with Crippen LogP contribution in [0.25, 0.3) is 0 Å². The summed E-state index contributed by atoms with van der Waals surface area (Å²) in [7, 11) is 1.57. The lowest BCUT2D eigenvalue weighted by Crippen LogP contribution is -2.43. The van der Waals surface area contributed by atoms with Crippen molar-refractivity contribution in [1.82, 2.24) is 4.90 Å². The molecule has 2 rings (SSSR count). The smallest absolute Gasteiger partial charge is 0.325 e. The van der Waals surface area contributed by atoms with Crippen molar-refractivity contribution in [1.29, 1.82) is 0 Å². The Morgan fingerprint density at radius 2 is 1.71 bits per heavy atom. The normalized spacial score (nSPS) is 12.5. The fraction of sp³-hybridized carbons (Fsp3) is 0.263. The number of alkyl halides is 3. The molecule has 0 heterocycles. The van der Waals surface area contributed by atoms with Crippen LogP contribution < -0.4 is 10.6 Å². The Hall–Kier alpha value is -2.58. The second kappa shape index (κ2) is 9.07. The Morgan fingerprint density at radius 3 is 2.32 bits per heavy atom. The highest BCUT2D eigenvalue weighted by molar-refractivity contribution is 6.31. The summed E-state index contributed by atoms with van der Waals surface area (Å²) >= 11 is 5.56. The van der Waals surface area contributed by atoms with Gasteiger partial charge in [-0.25, -0.2) is 0 Å². The number of hydrogen-bond donors (Lipinski definition) is 2. The number of nitrogens with one attached hydrogen (secondary N) is 2. The van der Waals surface area contributed by atoms with Gasteiger partial charge in [-0.15, -0.1) is 0 Å². The molecule has 0 saturated heterocycles. The Bertz CT molecular complexity index is 844. The van der Waals surface area contributed by atoms with E-state index in [-0.39, 0.29) is 18.1 Å². The predicted molar refractivity (Wildman–Crippen MR) is 102 cm³/mol. The highest BCUT2D eigenvalue weighted by Crippen LogP contribution is 2.36. The highest BCUT2D eigenvalue weighted by Gasteiger charge is 2.33. The first kappa shape index (κ1) is 21.7. The summed E-state index contributed by atoms with van der Waals surface area (Å²) in [5.41, 5.74) is -0.439. The largest absolute Gasteiger partial charge is 0.417 e. The molecule has 28 heavy (non-hydrogen) atoms. The number of amides is 2. The van der Waals surface area contributed by atoms with Crippen molar-refractivity contribution in [2.24, 2.45) is 0 Å². The van der Waals surface area contributed by atoms with Crippen LogP contribution in [0, 0.1) is 0 Å². The Balaban J connectivity index is 1.96. The van der Waals surface area contributed by atoms with Gasteiger partial charge in [-0.05, 0) is 44.3 Å². The standard InChI is InChI=1S/C19H19ClF3N3O2/c1-12(18(28)25-13-6-4-3-5-7-13)26(2)11-17(27)24-14-8-9-16(20)15(10-14)19(21,22)23/h3-10,12H,11H2,1-2H3,(H,24,27)(H,25,28). The summed E-state index contributed by atoms with van der Waals surface area (Å²) in [6, 6.07) is 11.3. The van der Waals surface area contributed by atoms with Crippen LogP contribution in [-0.2, 0) is 15.8 Å². The number of benzene rings is 2. The zero-order valence-electron chi connectivity index (χ0n) is 15.2. The SMILES string of the molecule is CC(C(=O)Nc1ccccc1)N(C)CC(=O)Nc1ccc(Cl)c(C(F)(F)F)c1. The fourth-order valence-electron chi connectivity index (χ4n) is 2.35. The first-order valence-corrected chi connectivity index (χ1v) is 8.68. The zero-order chi connectivity index (χ0) is 20.9. The lowest BCUT2D eigenvalue weighted by molar-refractivity contribution is -0.137. The van der Waals surface area contributed by atoms with Gasteiger partial charge in [0, 0.05) is 11.4 Å². The third-order valence-corrected chi connectivity index (χ3v) is 4.36. The second-order valence-corrected chi connectivity index (χ2v) is 6.59. The number of halogens is 4. The first-order valence-electron chi connectivity index (χ1n) is 8.30. The number of likely N-dealkylation sites (N-methyl/N-ethyl adjacent to an activating group) is 1. The molecule has 5 nitrogen and oxygen atoms in total. The van der Waals surface area contributed by atoms with Gasteiger partial charge in [0.25, 0.3) is 0 Å². The van der Waals surface area contributed by atoms with E-state index in [1.807, 2.05) is 6.07 Å². The van der Waals surface area contributed by atoms with E-state index >= 15 is 0 Å². The van der Waals surface area contributed by atoms with Crippen molar-refractivity contribution in [2.75, 3.05) is 24.2 Å². The van der Waals surface area contributed by atoms with Crippen molar-refractivity contribution in [3.8, 4) is 0 Å². The number of rotatable bonds is 6. The van der Waals surface area contributed by atoms with E-state index in [1.54, 1.807) is 38.2 Å². The van der Waals surface area contributed by atoms with Crippen molar-refractivity contribution in [3.63, 3.8) is 0 Å². The van der Waals surface area contributed by atoms with Crippen LogP contribution >= 0.6 is 11.6 Å². The molecule has 0 spiro atoms. The number of nitrogens with zero attached hydrogens (tertiary/aromatic N) is 1. The lowest BCUT2D eigenvalue weighted by atomic mass is 10.2.